The van der Waals surface area contributed by atoms with Crippen LogP contribution in [0.25, 0.3) is 0 Å². The van der Waals surface area contributed by atoms with Crippen molar-refractivity contribution in [2.45, 2.75) is 6.61 Å². The van der Waals surface area contributed by atoms with Gasteiger partial charge < -0.3 is 10.5 Å². The molecule has 0 atom stereocenters. The van der Waals surface area contributed by atoms with Crippen LogP contribution in [0, 0.1) is 0 Å². The summed E-state index contributed by atoms with van der Waals surface area (Å²) in [6.45, 7) is 0.454. The Morgan fingerprint density at radius 3 is 2.50 bits per heavy atom. The number of hydrogen-bond acceptors (Lipinski definition) is 2. The number of hydrogen-bond donors (Lipinski definition) is 1. The van der Waals surface area contributed by atoms with Gasteiger partial charge in [0.1, 0.15) is 12.4 Å². The highest BCUT2D eigenvalue weighted by molar-refractivity contribution is 9.10. The third kappa shape index (κ3) is 3.34. The Labute approximate surface area is 114 Å². The van der Waals surface area contributed by atoms with E-state index in [9.17, 15) is 4.79 Å². The molecule has 1 amide bonds. The molecule has 0 saturated carbocycles. The largest absolute Gasteiger partial charge is 0.489 e. The highest BCUT2D eigenvalue weighted by Crippen LogP contribution is 2.19. The van der Waals surface area contributed by atoms with Crippen LogP contribution >= 0.6 is 15.9 Å². The maximum Gasteiger partial charge on any atom is 0.248 e. The van der Waals surface area contributed by atoms with E-state index < -0.39 is 5.91 Å². The lowest BCUT2D eigenvalue weighted by Crippen LogP contribution is -2.10. The number of primary amides is 1. The zero-order chi connectivity index (χ0) is 13.0. The van der Waals surface area contributed by atoms with Gasteiger partial charge in [0, 0.05) is 10.0 Å². The normalized spacial score (nSPS) is 10.1. The summed E-state index contributed by atoms with van der Waals surface area (Å²) >= 11 is 3.38. The maximum atomic E-state index is 10.9. The number of amides is 1. The molecule has 0 saturated heterocycles. The molecule has 4 heteroatoms. The number of halogens is 1. The zero-order valence-electron chi connectivity index (χ0n) is 9.60. The van der Waals surface area contributed by atoms with Crippen LogP contribution < -0.4 is 10.5 Å². The molecule has 0 spiro atoms. The average Bonchev–Trinajstić information content (AvgIpc) is 2.37. The quantitative estimate of drug-likeness (QED) is 0.943. The van der Waals surface area contributed by atoms with Gasteiger partial charge in [-0.05, 0) is 35.9 Å². The van der Waals surface area contributed by atoms with Gasteiger partial charge in [0.25, 0.3) is 0 Å². The molecule has 0 fully saturated rings. The first-order valence-corrected chi connectivity index (χ1v) is 6.21. The van der Waals surface area contributed by atoms with E-state index >= 15 is 0 Å². The fourth-order valence-corrected chi connectivity index (χ4v) is 1.87. The van der Waals surface area contributed by atoms with E-state index in [1.165, 1.54) is 0 Å². The Morgan fingerprint density at radius 1 is 1.17 bits per heavy atom. The van der Waals surface area contributed by atoms with Crippen LogP contribution in [0.5, 0.6) is 5.75 Å². The van der Waals surface area contributed by atoms with Gasteiger partial charge in [-0.2, -0.15) is 0 Å². The molecule has 0 aliphatic carbocycles. The molecule has 2 aromatic carbocycles. The fraction of sp³-hybridized carbons (Fsp3) is 0.0714. The summed E-state index contributed by atoms with van der Waals surface area (Å²) < 4.78 is 6.60. The van der Waals surface area contributed by atoms with Gasteiger partial charge in [-0.3, -0.25) is 4.79 Å². The van der Waals surface area contributed by atoms with E-state index in [1.54, 1.807) is 12.1 Å². The SMILES string of the molecule is NC(=O)c1ccc(COc2cccc(Br)c2)cc1. The number of nitrogens with two attached hydrogens (primary N) is 1. The summed E-state index contributed by atoms with van der Waals surface area (Å²) in [5.74, 6) is 0.373. The van der Waals surface area contributed by atoms with Crippen molar-refractivity contribution in [1.29, 1.82) is 0 Å². The van der Waals surface area contributed by atoms with Gasteiger partial charge in [0.15, 0.2) is 0 Å². The number of carbonyl (C=O) groups excluding carboxylic acids is 1. The minimum Gasteiger partial charge on any atom is -0.489 e. The number of rotatable bonds is 4. The molecule has 0 unspecified atom stereocenters. The number of benzene rings is 2. The van der Waals surface area contributed by atoms with E-state index in [0.29, 0.717) is 12.2 Å². The van der Waals surface area contributed by atoms with Gasteiger partial charge in [-0.15, -0.1) is 0 Å². The van der Waals surface area contributed by atoms with Crippen molar-refractivity contribution in [3.8, 4) is 5.75 Å². The van der Waals surface area contributed by atoms with Crippen LogP contribution in [0.1, 0.15) is 15.9 Å². The predicted molar refractivity (Wildman–Crippen MR) is 73.4 cm³/mol. The second kappa shape index (κ2) is 5.69. The van der Waals surface area contributed by atoms with Crippen molar-refractivity contribution in [3.05, 3.63) is 64.1 Å². The lowest BCUT2D eigenvalue weighted by Gasteiger charge is -2.06. The molecule has 92 valence electrons. The summed E-state index contributed by atoms with van der Waals surface area (Å²) in [7, 11) is 0. The molecule has 3 nitrogen and oxygen atoms in total. The second-order valence-corrected chi connectivity index (χ2v) is 4.72. The standard InChI is InChI=1S/C14H12BrNO2/c15-12-2-1-3-13(8-12)18-9-10-4-6-11(7-5-10)14(16)17/h1-8H,9H2,(H2,16,17). The van der Waals surface area contributed by atoms with Crippen molar-refractivity contribution >= 4 is 21.8 Å². The second-order valence-electron chi connectivity index (χ2n) is 3.81. The molecule has 2 N–H and O–H groups in total. The van der Waals surface area contributed by atoms with E-state index in [-0.39, 0.29) is 0 Å². The Hall–Kier alpha value is -1.81. The van der Waals surface area contributed by atoms with Crippen molar-refractivity contribution in [2.75, 3.05) is 0 Å². The molecular formula is C14H12BrNO2. The molecule has 0 aliphatic heterocycles. The topological polar surface area (TPSA) is 52.3 Å². The van der Waals surface area contributed by atoms with Crippen molar-refractivity contribution in [1.82, 2.24) is 0 Å². The first-order valence-electron chi connectivity index (χ1n) is 5.42. The minimum absolute atomic E-state index is 0.422. The van der Waals surface area contributed by atoms with Crippen molar-refractivity contribution in [2.24, 2.45) is 5.73 Å². The van der Waals surface area contributed by atoms with Crippen LogP contribution in [0.3, 0.4) is 0 Å². The lowest BCUT2D eigenvalue weighted by atomic mass is 10.1. The summed E-state index contributed by atoms with van der Waals surface area (Å²) in [6.07, 6.45) is 0. The minimum atomic E-state index is -0.422. The maximum absolute atomic E-state index is 10.9. The third-order valence-corrected chi connectivity index (χ3v) is 2.93. The lowest BCUT2D eigenvalue weighted by molar-refractivity contribution is 0.1000. The Bertz CT molecular complexity index is 552. The predicted octanol–water partition coefficient (Wildman–Crippen LogP) is 3.13. The van der Waals surface area contributed by atoms with Crippen LogP contribution in [0.4, 0.5) is 0 Å². The van der Waals surface area contributed by atoms with Crippen LogP contribution in [-0.4, -0.2) is 5.91 Å². The summed E-state index contributed by atoms with van der Waals surface area (Å²) in [4.78, 5) is 10.9. The van der Waals surface area contributed by atoms with Gasteiger partial charge in [-0.25, -0.2) is 0 Å². The molecule has 18 heavy (non-hydrogen) atoms. The molecule has 0 aliphatic rings. The van der Waals surface area contributed by atoms with Gasteiger partial charge in [0.2, 0.25) is 5.91 Å². The van der Waals surface area contributed by atoms with E-state index in [1.807, 2.05) is 36.4 Å². The summed E-state index contributed by atoms with van der Waals surface area (Å²) in [5, 5.41) is 0. The van der Waals surface area contributed by atoms with E-state index in [0.717, 1.165) is 15.8 Å². The Morgan fingerprint density at radius 2 is 1.89 bits per heavy atom. The molecule has 0 heterocycles. The molecule has 2 aromatic rings. The monoisotopic (exact) mass is 305 g/mol. The van der Waals surface area contributed by atoms with Crippen LogP contribution in [0.2, 0.25) is 0 Å². The van der Waals surface area contributed by atoms with Gasteiger partial charge in [-0.1, -0.05) is 34.1 Å². The molecule has 2 rings (SSSR count). The zero-order valence-corrected chi connectivity index (χ0v) is 11.2. The van der Waals surface area contributed by atoms with Crippen LogP contribution in [0.15, 0.2) is 53.0 Å². The molecule has 0 bridgehead atoms. The van der Waals surface area contributed by atoms with E-state index in [4.69, 9.17) is 10.5 Å². The number of ether oxygens (including phenoxy) is 1. The fourth-order valence-electron chi connectivity index (χ4n) is 1.49. The summed E-state index contributed by atoms with van der Waals surface area (Å²) in [6, 6.07) is 14.7. The highest BCUT2D eigenvalue weighted by Gasteiger charge is 2.00. The summed E-state index contributed by atoms with van der Waals surface area (Å²) in [5.41, 5.74) is 6.66. The smallest absolute Gasteiger partial charge is 0.248 e. The highest BCUT2D eigenvalue weighted by atomic mass is 79.9. The van der Waals surface area contributed by atoms with Crippen molar-refractivity contribution < 1.29 is 9.53 Å². The Balaban J connectivity index is 2.00. The number of carbonyl (C=O) groups is 1. The molecule has 0 radical (unpaired) electrons. The molecular weight excluding hydrogens is 294 g/mol. The first-order chi connectivity index (χ1) is 8.65. The van der Waals surface area contributed by atoms with E-state index in [2.05, 4.69) is 15.9 Å². The van der Waals surface area contributed by atoms with Crippen LogP contribution in [-0.2, 0) is 6.61 Å². The Kier molecular flexibility index (Phi) is 3.99. The first kappa shape index (κ1) is 12.6. The van der Waals surface area contributed by atoms with Crippen molar-refractivity contribution in [3.63, 3.8) is 0 Å². The average molecular weight is 306 g/mol. The third-order valence-electron chi connectivity index (χ3n) is 2.44. The van der Waals surface area contributed by atoms with Gasteiger partial charge in [0.05, 0.1) is 0 Å². The van der Waals surface area contributed by atoms with Gasteiger partial charge >= 0.3 is 0 Å². The molecule has 0 aromatic heterocycles.